The molecule has 29 heavy (non-hydrogen) atoms. The second-order valence-electron chi connectivity index (χ2n) is 8.41. The number of amides is 1. The van der Waals surface area contributed by atoms with Crippen LogP contribution in [0.4, 0.5) is 5.13 Å². The number of hydrogen-bond donors (Lipinski definition) is 1. The van der Waals surface area contributed by atoms with Gasteiger partial charge in [-0.2, -0.15) is 0 Å². The Hall–Kier alpha value is -2.03. The van der Waals surface area contributed by atoms with Crippen LogP contribution in [0.1, 0.15) is 27.7 Å². The molecule has 156 valence electrons. The van der Waals surface area contributed by atoms with E-state index in [1.54, 1.807) is 24.3 Å². The van der Waals surface area contributed by atoms with E-state index in [9.17, 15) is 13.2 Å². The lowest BCUT2D eigenvalue weighted by Gasteiger charge is -2.11. The first-order chi connectivity index (χ1) is 13.4. The van der Waals surface area contributed by atoms with Crippen LogP contribution in [-0.2, 0) is 14.8 Å². The zero-order valence-corrected chi connectivity index (χ0v) is 19.2. The van der Waals surface area contributed by atoms with E-state index >= 15 is 0 Å². The maximum atomic E-state index is 12.7. The highest BCUT2D eigenvalue weighted by molar-refractivity contribution is 7.89. The number of sulfonamides is 1. The molecule has 0 radical (unpaired) electrons. The number of anilines is 1. The fourth-order valence-corrected chi connectivity index (χ4v) is 5.13. The van der Waals surface area contributed by atoms with Gasteiger partial charge in [0.1, 0.15) is 0 Å². The average molecular weight is 434 g/mol. The molecule has 3 rings (SSSR count). The highest BCUT2D eigenvalue weighted by Gasteiger charge is 2.60. The molecule has 0 bridgehead atoms. The lowest BCUT2D eigenvalue weighted by Crippen LogP contribution is -2.22. The topological polar surface area (TPSA) is 79.4 Å². The van der Waals surface area contributed by atoms with E-state index in [0.29, 0.717) is 10.8 Å². The quantitative estimate of drug-likeness (QED) is 0.691. The summed E-state index contributed by atoms with van der Waals surface area (Å²) in [7, 11) is -0.457. The molecule has 8 heteroatoms. The fraction of sp³-hybridized carbons (Fsp3) is 0.429. The molecule has 1 aliphatic carbocycles. The van der Waals surface area contributed by atoms with Crippen LogP contribution >= 0.6 is 11.3 Å². The predicted octanol–water partition coefficient (Wildman–Crippen LogP) is 4.24. The van der Waals surface area contributed by atoms with Crippen LogP contribution in [0.15, 0.2) is 46.2 Å². The Bertz CT molecular complexity index is 1050. The minimum absolute atomic E-state index is 0.00850. The van der Waals surface area contributed by atoms with E-state index in [0.717, 1.165) is 5.56 Å². The first-order valence-electron chi connectivity index (χ1n) is 9.39. The second-order valence-corrected chi connectivity index (χ2v) is 11.4. The van der Waals surface area contributed by atoms with Gasteiger partial charge in [-0.3, -0.25) is 4.79 Å². The molecule has 0 aliphatic heterocycles. The highest BCUT2D eigenvalue weighted by Crippen LogP contribution is 2.59. The molecule has 0 spiro atoms. The number of carbonyl (C=O) groups excluding carboxylic acids is 1. The van der Waals surface area contributed by atoms with Crippen LogP contribution in [0.2, 0.25) is 0 Å². The SMILES string of the molecule is CC(C)=CC1C(C(=O)Nc2nc(-c3ccc(S(=O)(=O)N(C)C)cc3)cs2)C1(C)C. The van der Waals surface area contributed by atoms with E-state index in [-0.39, 0.29) is 28.1 Å². The van der Waals surface area contributed by atoms with E-state index < -0.39 is 10.0 Å². The summed E-state index contributed by atoms with van der Waals surface area (Å²) >= 11 is 1.36. The van der Waals surface area contributed by atoms with Crippen molar-refractivity contribution >= 4 is 32.4 Å². The van der Waals surface area contributed by atoms with Gasteiger partial charge >= 0.3 is 0 Å². The first kappa shape index (κ1) is 21.7. The zero-order chi connectivity index (χ0) is 21.6. The molecule has 6 nitrogen and oxygen atoms in total. The van der Waals surface area contributed by atoms with Crippen molar-refractivity contribution in [1.29, 1.82) is 0 Å². The lowest BCUT2D eigenvalue weighted by atomic mass is 10.1. The van der Waals surface area contributed by atoms with Crippen molar-refractivity contribution in [3.63, 3.8) is 0 Å². The van der Waals surface area contributed by atoms with Gasteiger partial charge in [-0.15, -0.1) is 11.3 Å². The van der Waals surface area contributed by atoms with E-state index in [2.05, 4.69) is 30.2 Å². The van der Waals surface area contributed by atoms with Crippen molar-refractivity contribution in [3.05, 3.63) is 41.3 Å². The summed E-state index contributed by atoms with van der Waals surface area (Å²) in [6, 6.07) is 6.59. The van der Waals surface area contributed by atoms with Crippen molar-refractivity contribution in [2.75, 3.05) is 19.4 Å². The van der Waals surface area contributed by atoms with Crippen LogP contribution in [0, 0.1) is 17.3 Å². The van der Waals surface area contributed by atoms with Crippen molar-refractivity contribution in [3.8, 4) is 11.3 Å². The van der Waals surface area contributed by atoms with E-state index in [4.69, 9.17) is 0 Å². The van der Waals surface area contributed by atoms with Crippen LogP contribution in [0.25, 0.3) is 11.3 Å². The summed E-state index contributed by atoms with van der Waals surface area (Å²) in [4.78, 5) is 17.4. The zero-order valence-electron chi connectivity index (χ0n) is 17.6. The molecule has 0 saturated heterocycles. The van der Waals surface area contributed by atoms with E-state index in [1.165, 1.54) is 35.3 Å². The van der Waals surface area contributed by atoms with Crippen LogP contribution in [0.3, 0.4) is 0 Å². The Kier molecular flexibility index (Phi) is 5.73. The Morgan fingerprint density at radius 2 is 1.83 bits per heavy atom. The molecular formula is C21H27N3O3S2. The van der Waals surface area contributed by atoms with Gasteiger partial charge in [0.15, 0.2) is 5.13 Å². The number of aromatic nitrogens is 1. The first-order valence-corrected chi connectivity index (χ1v) is 11.7. The van der Waals surface area contributed by atoms with Crippen LogP contribution < -0.4 is 5.32 Å². The van der Waals surface area contributed by atoms with Crippen LogP contribution in [0.5, 0.6) is 0 Å². The minimum Gasteiger partial charge on any atom is -0.302 e. The summed E-state index contributed by atoms with van der Waals surface area (Å²) in [5.74, 6) is 0.184. The number of allylic oxidation sites excluding steroid dienone is 2. The fourth-order valence-electron chi connectivity index (χ4n) is 3.50. The van der Waals surface area contributed by atoms with Gasteiger partial charge < -0.3 is 5.32 Å². The Labute approximate surface area is 176 Å². The summed E-state index contributed by atoms with van der Waals surface area (Å²) in [5.41, 5.74) is 2.67. The van der Waals surface area contributed by atoms with Crippen molar-refractivity contribution < 1.29 is 13.2 Å². The normalized spacial score (nSPS) is 20.4. The molecule has 1 aliphatic rings. The van der Waals surface area contributed by atoms with Crippen molar-refractivity contribution in [2.45, 2.75) is 32.6 Å². The minimum atomic E-state index is -3.46. The molecule has 1 aromatic heterocycles. The second kappa shape index (κ2) is 7.66. The Balaban J connectivity index is 1.72. The molecule has 1 N–H and O–H groups in total. The Morgan fingerprint density at radius 1 is 1.21 bits per heavy atom. The molecule has 1 amide bonds. The van der Waals surface area contributed by atoms with Crippen molar-refractivity contribution in [1.82, 2.24) is 9.29 Å². The summed E-state index contributed by atoms with van der Waals surface area (Å²) in [6.45, 7) is 8.31. The smallest absolute Gasteiger partial charge is 0.242 e. The van der Waals surface area contributed by atoms with Gasteiger partial charge in [0.25, 0.3) is 0 Å². The maximum Gasteiger partial charge on any atom is 0.242 e. The number of benzene rings is 1. The number of carbonyl (C=O) groups is 1. The van der Waals surface area contributed by atoms with Gasteiger partial charge in [-0.25, -0.2) is 17.7 Å². The van der Waals surface area contributed by atoms with Crippen molar-refractivity contribution in [2.24, 2.45) is 17.3 Å². The highest BCUT2D eigenvalue weighted by atomic mass is 32.2. The number of nitrogens with zero attached hydrogens (tertiary/aromatic N) is 2. The monoisotopic (exact) mass is 433 g/mol. The van der Waals surface area contributed by atoms with Gasteiger partial charge in [0, 0.05) is 25.0 Å². The molecule has 1 fully saturated rings. The molecule has 1 heterocycles. The van der Waals surface area contributed by atoms with Crippen LogP contribution in [-0.4, -0.2) is 37.7 Å². The third-order valence-electron chi connectivity index (χ3n) is 5.37. The molecule has 2 unspecified atom stereocenters. The van der Waals surface area contributed by atoms with Gasteiger partial charge in [-0.05, 0) is 37.3 Å². The number of hydrogen-bond acceptors (Lipinski definition) is 5. The van der Waals surface area contributed by atoms with E-state index in [1.807, 2.05) is 19.2 Å². The number of nitrogens with one attached hydrogen (secondary N) is 1. The predicted molar refractivity (Wildman–Crippen MR) is 117 cm³/mol. The third kappa shape index (κ3) is 4.29. The Morgan fingerprint density at radius 3 is 2.38 bits per heavy atom. The number of thiazole rings is 1. The summed E-state index contributed by atoms with van der Waals surface area (Å²) in [5, 5.41) is 5.35. The molecular weight excluding hydrogens is 406 g/mol. The third-order valence-corrected chi connectivity index (χ3v) is 7.96. The largest absolute Gasteiger partial charge is 0.302 e. The van der Waals surface area contributed by atoms with Gasteiger partial charge in [0.2, 0.25) is 15.9 Å². The maximum absolute atomic E-state index is 12.7. The molecule has 2 aromatic rings. The summed E-state index contributed by atoms with van der Waals surface area (Å²) < 4.78 is 25.5. The standard InChI is InChI=1S/C21H27N3O3S2/c1-13(2)11-16-18(21(16,3)4)19(25)23-20-22-17(12-28-20)14-7-9-15(10-8-14)29(26,27)24(5)6/h7-12,16,18H,1-6H3,(H,22,23,25). The van der Waals surface area contributed by atoms with Gasteiger partial charge in [0.05, 0.1) is 16.5 Å². The molecule has 1 aromatic carbocycles. The lowest BCUT2D eigenvalue weighted by molar-refractivity contribution is -0.118. The summed E-state index contributed by atoms with van der Waals surface area (Å²) in [6.07, 6.45) is 2.17. The number of rotatable bonds is 6. The van der Waals surface area contributed by atoms with Gasteiger partial charge in [-0.1, -0.05) is 37.6 Å². The molecule has 2 atom stereocenters. The average Bonchev–Trinajstić information content (AvgIpc) is 2.95. The molecule has 1 saturated carbocycles.